The van der Waals surface area contributed by atoms with Crippen molar-refractivity contribution in [2.24, 2.45) is 0 Å². The summed E-state index contributed by atoms with van der Waals surface area (Å²) in [6.45, 7) is 1.93. The fourth-order valence-electron chi connectivity index (χ4n) is 2.91. The number of aromatic nitrogens is 4. The molecule has 1 aliphatic heterocycles. The van der Waals surface area contributed by atoms with Crippen LogP contribution in [0.25, 0.3) is 17.2 Å². The van der Waals surface area contributed by atoms with E-state index in [2.05, 4.69) is 25.6 Å². The lowest BCUT2D eigenvalue weighted by Gasteiger charge is -2.24. The highest BCUT2D eigenvalue weighted by Crippen LogP contribution is 2.22. The third kappa shape index (κ3) is 3.05. The molecule has 0 spiro atoms. The lowest BCUT2D eigenvalue weighted by atomic mass is 10.1. The normalized spacial score (nSPS) is 18.0. The Morgan fingerprint density at radius 2 is 2.25 bits per heavy atom. The molecule has 0 amide bonds. The molecule has 4 rings (SSSR count). The average Bonchev–Trinajstić information content (AvgIpc) is 2.98. The van der Waals surface area contributed by atoms with Gasteiger partial charge in [-0.25, -0.2) is 19.3 Å². The largest absolute Gasteiger partial charge is 0.366 e. The van der Waals surface area contributed by atoms with Gasteiger partial charge in [-0.05, 0) is 31.5 Å². The van der Waals surface area contributed by atoms with Gasteiger partial charge in [0.15, 0.2) is 5.82 Å². The van der Waals surface area contributed by atoms with Gasteiger partial charge < -0.3 is 10.6 Å². The number of nitrogens with one attached hydrogen (secondary N) is 2. The van der Waals surface area contributed by atoms with Gasteiger partial charge in [-0.3, -0.25) is 4.40 Å². The zero-order valence-corrected chi connectivity index (χ0v) is 13.6. The van der Waals surface area contributed by atoms with Crippen molar-refractivity contribution < 1.29 is 4.39 Å². The number of hydrogen-bond acceptors (Lipinski definition) is 5. The molecule has 3 aromatic rings. The third-order valence-corrected chi connectivity index (χ3v) is 4.24. The molecule has 1 fully saturated rings. The van der Waals surface area contributed by atoms with Crippen LogP contribution < -0.4 is 10.6 Å². The molecule has 0 unspecified atom stereocenters. The summed E-state index contributed by atoms with van der Waals surface area (Å²) >= 11 is 6.16. The minimum absolute atomic E-state index is 0.303. The average molecular weight is 347 g/mol. The Bertz CT molecular complexity index is 874. The van der Waals surface area contributed by atoms with Crippen LogP contribution in [0.4, 0.5) is 10.2 Å². The predicted octanol–water partition coefficient (Wildman–Crippen LogP) is 2.75. The van der Waals surface area contributed by atoms with Crippen molar-refractivity contribution in [1.82, 2.24) is 24.7 Å². The number of imidazole rings is 1. The van der Waals surface area contributed by atoms with E-state index in [1.54, 1.807) is 22.7 Å². The zero-order valence-electron chi connectivity index (χ0n) is 12.8. The van der Waals surface area contributed by atoms with Gasteiger partial charge in [-0.1, -0.05) is 11.6 Å². The predicted molar refractivity (Wildman–Crippen MR) is 90.7 cm³/mol. The number of rotatable bonds is 3. The summed E-state index contributed by atoms with van der Waals surface area (Å²) < 4.78 is 15.2. The van der Waals surface area contributed by atoms with Crippen molar-refractivity contribution in [1.29, 1.82) is 0 Å². The van der Waals surface area contributed by atoms with Crippen LogP contribution in [0.3, 0.4) is 0 Å². The van der Waals surface area contributed by atoms with Crippen LogP contribution in [0.2, 0.25) is 5.15 Å². The molecule has 1 saturated heterocycles. The number of hydrogen-bond donors (Lipinski definition) is 2. The Morgan fingerprint density at radius 1 is 1.33 bits per heavy atom. The second kappa shape index (κ2) is 6.33. The lowest BCUT2D eigenvalue weighted by molar-refractivity contribution is 0.479. The van der Waals surface area contributed by atoms with E-state index in [0.29, 0.717) is 34.2 Å². The standard InChI is InChI=1S/C16H16ClFN6/c17-13-6-14(21-11-2-1-5-19-7-11)23-16(22-13)12-8-20-15-4-3-10(18)9-24(12)15/h3-4,6,8-9,11,19H,1-2,5,7H2,(H,21,22,23)/t11-/m1/s1. The first kappa shape index (κ1) is 15.3. The van der Waals surface area contributed by atoms with E-state index < -0.39 is 0 Å². The molecular weight excluding hydrogens is 331 g/mol. The molecule has 0 aliphatic carbocycles. The number of piperidine rings is 1. The van der Waals surface area contributed by atoms with Gasteiger partial charge in [0.2, 0.25) is 0 Å². The van der Waals surface area contributed by atoms with Gasteiger partial charge in [-0.2, -0.15) is 0 Å². The van der Waals surface area contributed by atoms with Crippen LogP contribution in [-0.2, 0) is 0 Å². The van der Waals surface area contributed by atoms with E-state index in [-0.39, 0.29) is 5.82 Å². The molecule has 2 N–H and O–H groups in total. The zero-order chi connectivity index (χ0) is 16.5. The first-order chi connectivity index (χ1) is 11.7. The fraction of sp³-hybridized carbons (Fsp3) is 0.312. The summed E-state index contributed by atoms with van der Waals surface area (Å²) in [6, 6.07) is 4.98. The van der Waals surface area contributed by atoms with Crippen LogP contribution in [0, 0.1) is 5.82 Å². The molecule has 0 bridgehead atoms. The Hall–Kier alpha value is -2.25. The Morgan fingerprint density at radius 3 is 3.08 bits per heavy atom. The maximum atomic E-state index is 13.5. The Labute approximate surface area is 143 Å². The van der Waals surface area contributed by atoms with Crippen molar-refractivity contribution in [2.45, 2.75) is 18.9 Å². The highest BCUT2D eigenvalue weighted by molar-refractivity contribution is 6.29. The molecule has 0 saturated carbocycles. The molecule has 124 valence electrons. The van der Waals surface area contributed by atoms with Crippen molar-refractivity contribution >= 4 is 23.1 Å². The Balaban J connectivity index is 1.70. The van der Waals surface area contributed by atoms with Gasteiger partial charge in [-0.15, -0.1) is 0 Å². The van der Waals surface area contributed by atoms with Gasteiger partial charge in [0, 0.05) is 24.8 Å². The van der Waals surface area contributed by atoms with Crippen molar-refractivity contribution in [3.63, 3.8) is 0 Å². The molecule has 6 nitrogen and oxygen atoms in total. The highest BCUT2D eigenvalue weighted by atomic mass is 35.5. The Kier molecular flexibility index (Phi) is 4.03. The van der Waals surface area contributed by atoms with Gasteiger partial charge in [0.25, 0.3) is 0 Å². The van der Waals surface area contributed by atoms with E-state index in [1.807, 2.05) is 0 Å². The van der Waals surface area contributed by atoms with Gasteiger partial charge >= 0.3 is 0 Å². The quantitative estimate of drug-likeness (QED) is 0.714. The molecule has 0 radical (unpaired) electrons. The summed E-state index contributed by atoms with van der Waals surface area (Å²) in [5.74, 6) is 0.715. The SMILES string of the molecule is Fc1ccc2ncc(-c3nc(Cl)cc(N[C@@H]4CCCNC4)n3)n2c1. The molecule has 1 aliphatic rings. The first-order valence-electron chi connectivity index (χ1n) is 7.84. The number of halogens is 2. The van der Waals surface area contributed by atoms with E-state index >= 15 is 0 Å². The van der Waals surface area contributed by atoms with Crippen LogP contribution in [-0.4, -0.2) is 38.5 Å². The maximum Gasteiger partial charge on any atom is 0.181 e. The molecular formula is C16H16ClFN6. The van der Waals surface area contributed by atoms with Crippen LogP contribution in [0.15, 0.2) is 30.6 Å². The summed E-state index contributed by atoms with van der Waals surface area (Å²) in [5.41, 5.74) is 1.22. The maximum absolute atomic E-state index is 13.5. The number of nitrogens with zero attached hydrogens (tertiary/aromatic N) is 4. The van der Waals surface area contributed by atoms with Crippen LogP contribution >= 0.6 is 11.6 Å². The second-order valence-corrected chi connectivity index (χ2v) is 6.19. The summed E-state index contributed by atoms with van der Waals surface area (Å²) in [5, 5.41) is 7.06. The first-order valence-corrected chi connectivity index (χ1v) is 8.22. The highest BCUT2D eigenvalue weighted by Gasteiger charge is 2.16. The molecule has 3 aromatic heterocycles. The van der Waals surface area contributed by atoms with E-state index in [9.17, 15) is 4.39 Å². The van der Waals surface area contributed by atoms with E-state index in [0.717, 1.165) is 25.9 Å². The number of pyridine rings is 1. The third-order valence-electron chi connectivity index (χ3n) is 4.04. The van der Waals surface area contributed by atoms with E-state index in [1.165, 1.54) is 12.3 Å². The molecule has 0 aromatic carbocycles. The minimum atomic E-state index is -0.351. The van der Waals surface area contributed by atoms with Crippen LogP contribution in [0.5, 0.6) is 0 Å². The van der Waals surface area contributed by atoms with Gasteiger partial charge in [0.1, 0.15) is 28.1 Å². The fourth-order valence-corrected chi connectivity index (χ4v) is 3.09. The second-order valence-electron chi connectivity index (χ2n) is 5.81. The van der Waals surface area contributed by atoms with Crippen molar-refractivity contribution in [3.8, 4) is 11.5 Å². The summed E-state index contributed by atoms with van der Waals surface area (Å²) in [6.07, 6.45) is 5.17. The van der Waals surface area contributed by atoms with E-state index in [4.69, 9.17) is 11.6 Å². The number of anilines is 1. The monoisotopic (exact) mass is 346 g/mol. The molecule has 8 heteroatoms. The molecule has 4 heterocycles. The minimum Gasteiger partial charge on any atom is -0.366 e. The van der Waals surface area contributed by atoms with Gasteiger partial charge in [0.05, 0.1) is 6.20 Å². The summed E-state index contributed by atoms with van der Waals surface area (Å²) in [7, 11) is 0. The van der Waals surface area contributed by atoms with Crippen LogP contribution in [0.1, 0.15) is 12.8 Å². The van der Waals surface area contributed by atoms with Crippen molar-refractivity contribution in [3.05, 3.63) is 41.6 Å². The van der Waals surface area contributed by atoms with Crippen molar-refractivity contribution in [2.75, 3.05) is 18.4 Å². The summed E-state index contributed by atoms with van der Waals surface area (Å²) in [4.78, 5) is 13.1. The lowest BCUT2D eigenvalue weighted by Crippen LogP contribution is -2.38. The smallest absolute Gasteiger partial charge is 0.181 e. The topological polar surface area (TPSA) is 67.1 Å². The number of fused-ring (bicyclic) bond motifs is 1. The molecule has 24 heavy (non-hydrogen) atoms. The molecule has 1 atom stereocenters.